The van der Waals surface area contributed by atoms with Crippen molar-refractivity contribution in [3.63, 3.8) is 0 Å². The van der Waals surface area contributed by atoms with Gasteiger partial charge in [-0.25, -0.2) is 9.97 Å². The van der Waals surface area contributed by atoms with Crippen molar-refractivity contribution in [2.45, 2.75) is 32.8 Å². The molecular weight excluding hydrogens is 386 g/mol. The molecule has 2 aromatic rings. The SMILES string of the molecule is CC[C@H](Oc1cc2c(cc1Cl)N(CCC(=O)O)C(=O)CO2)c1ncc(C)cn1. The second-order valence-electron chi connectivity index (χ2n) is 6.36. The normalized spacial score (nSPS) is 14.2. The zero-order valence-electron chi connectivity index (χ0n) is 15.5. The first-order chi connectivity index (χ1) is 13.4. The number of hydrogen-bond acceptors (Lipinski definition) is 6. The van der Waals surface area contributed by atoms with Crippen molar-refractivity contribution in [3.05, 3.63) is 40.9 Å². The molecule has 0 spiro atoms. The first kappa shape index (κ1) is 19.9. The van der Waals surface area contributed by atoms with Crippen molar-refractivity contribution in [3.8, 4) is 11.5 Å². The molecule has 0 fully saturated rings. The maximum absolute atomic E-state index is 12.1. The Kier molecular flexibility index (Phi) is 5.99. The molecule has 0 radical (unpaired) electrons. The number of nitrogens with zero attached hydrogens (tertiary/aromatic N) is 3. The Morgan fingerprint density at radius 2 is 2.11 bits per heavy atom. The van der Waals surface area contributed by atoms with E-state index in [2.05, 4.69) is 9.97 Å². The quantitative estimate of drug-likeness (QED) is 0.754. The van der Waals surface area contributed by atoms with Gasteiger partial charge in [0.05, 0.1) is 17.1 Å². The number of carboxylic acid groups (broad SMARTS) is 1. The predicted molar refractivity (Wildman–Crippen MR) is 102 cm³/mol. The molecule has 0 bridgehead atoms. The highest BCUT2D eigenvalue weighted by molar-refractivity contribution is 6.32. The summed E-state index contributed by atoms with van der Waals surface area (Å²) in [5, 5.41) is 9.18. The van der Waals surface area contributed by atoms with Gasteiger partial charge in [0.2, 0.25) is 0 Å². The van der Waals surface area contributed by atoms with Crippen LogP contribution >= 0.6 is 11.6 Å². The Labute approximate surface area is 167 Å². The number of carboxylic acids is 1. The van der Waals surface area contributed by atoms with Crippen LogP contribution in [0.4, 0.5) is 5.69 Å². The standard InChI is InChI=1S/C19H20ClN3O5/c1-3-14(19-21-8-11(2)9-22-19)28-15-7-16-13(6-12(15)20)23(5-4-18(25)26)17(24)10-27-16/h6-9,14H,3-5,10H2,1-2H3,(H,25,26)/t14-/m0/s1. The van der Waals surface area contributed by atoms with E-state index in [-0.39, 0.29) is 30.5 Å². The van der Waals surface area contributed by atoms with Gasteiger partial charge < -0.3 is 19.5 Å². The summed E-state index contributed by atoms with van der Waals surface area (Å²) in [7, 11) is 0. The fourth-order valence-corrected chi connectivity index (χ4v) is 2.99. The maximum atomic E-state index is 12.1. The summed E-state index contributed by atoms with van der Waals surface area (Å²) in [5.41, 5.74) is 1.37. The molecule has 1 aromatic carbocycles. The lowest BCUT2D eigenvalue weighted by Crippen LogP contribution is -2.40. The molecule has 1 aliphatic rings. The number of amides is 1. The van der Waals surface area contributed by atoms with Crippen molar-refractivity contribution in [2.75, 3.05) is 18.1 Å². The highest BCUT2D eigenvalue weighted by Gasteiger charge is 2.28. The Balaban J connectivity index is 1.86. The fraction of sp³-hybridized carbons (Fsp3) is 0.368. The average Bonchev–Trinajstić information content (AvgIpc) is 2.66. The van der Waals surface area contributed by atoms with E-state index in [1.807, 2.05) is 13.8 Å². The molecule has 1 N–H and O–H groups in total. The van der Waals surface area contributed by atoms with Crippen molar-refractivity contribution < 1.29 is 24.2 Å². The average molecular weight is 406 g/mol. The lowest BCUT2D eigenvalue weighted by Gasteiger charge is -2.30. The summed E-state index contributed by atoms with van der Waals surface area (Å²) in [6.07, 6.45) is 3.49. The molecule has 0 unspecified atom stereocenters. The maximum Gasteiger partial charge on any atom is 0.305 e. The lowest BCUT2D eigenvalue weighted by molar-refractivity contribution is -0.136. The zero-order valence-corrected chi connectivity index (χ0v) is 16.3. The minimum absolute atomic E-state index is 0.0376. The number of hydrogen-bond donors (Lipinski definition) is 1. The third kappa shape index (κ3) is 4.33. The molecule has 0 saturated heterocycles. The molecule has 28 heavy (non-hydrogen) atoms. The lowest BCUT2D eigenvalue weighted by atomic mass is 10.2. The topological polar surface area (TPSA) is 102 Å². The number of aryl methyl sites for hydroxylation is 1. The Morgan fingerprint density at radius 1 is 1.39 bits per heavy atom. The van der Waals surface area contributed by atoms with Crippen molar-refractivity contribution >= 4 is 29.2 Å². The minimum atomic E-state index is -0.990. The van der Waals surface area contributed by atoms with Gasteiger partial charge >= 0.3 is 5.97 Å². The summed E-state index contributed by atoms with van der Waals surface area (Å²) >= 11 is 6.38. The van der Waals surface area contributed by atoms with Crippen LogP contribution in [0.15, 0.2) is 24.5 Å². The van der Waals surface area contributed by atoms with E-state index in [1.54, 1.807) is 24.5 Å². The molecule has 3 rings (SSSR count). The fourth-order valence-electron chi connectivity index (χ4n) is 2.79. The van der Waals surface area contributed by atoms with Crippen molar-refractivity contribution in [1.82, 2.24) is 9.97 Å². The molecule has 0 saturated carbocycles. The number of benzene rings is 1. The second kappa shape index (κ2) is 8.43. The van der Waals surface area contributed by atoms with Gasteiger partial charge in [0.25, 0.3) is 5.91 Å². The minimum Gasteiger partial charge on any atom is -0.481 e. The third-order valence-corrected chi connectivity index (χ3v) is 4.53. The van der Waals surface area contributed by atoms with Crippen LogP contribution in [0.3, 0.4) is 0 Å². The predicted octanol–water partition coefficient (Wildman–Crippen LogP) is 3.17. The van der Waals surface area contributed by atoms with Crippen LogP contribution in [0.5, 0.6) is 11.5 Å². The molecule has 1 aromatic heterocycles. The zero-order chi connectivity index (χ0) is 20.3. The summed E-state index contributed by atoms with van der Waals surface area (Å²) in [5.74, 6) is 0.0165. The number of anilines is 1. The number of ether oxygens (including phenoxy) is 2. The number of rotatable bonds is 7. The van der Waals surface area contributed by atoms with Crippen LogP contribution in [0.2, 0.25) is 5.02 Å². The van der Waals surface area contributed by atoms with Gasteiger partial charge in [0.1, 0.15) is 11.5 Å². The van der Waals surface area contributed by atoms with E-state index in [4.69, 9.17) is 26.2 Å². The van der Waals surface area contributed by atoms with Gasteiger partial charge in [0.15, 0.2) is 18.5 Å². The van der Waals surface area contributed by atoms with Gasteiger partial charge in [-0.15, -0.1) is 0 Å². The van der Waals surface area contributed by atoms with Crippen LogP contribution in [0, 0.1) is 6.92 Å². The summed E-state index contributed by atoms with van der Waals surface area (Å²) < 4.78 is 11.5. The number of halogens is 1. The van der Waals surface area contributed by atoms with E-state index < -0.39 is 12.1 Å². The first-order valence-corrected chi connectivity index (χ1v) is 9.20. The highest BCUT2D eigenvalue weighted by Crippen LogP contribution is 2.41. The van der Waals surface area contributed by atoms with Gasteiger partial charge in [0, 0.05) is 25.0 Å². The Morgan fingerprint density at radius 3 is 2.75 bits per heavy atom. The number of carbonyl (C=O) groups is 2. The van der Waals surface area contributed by atoms with Crippen LogP contribution in [0.25, 0.3) is 0 Å². The molecule has 8 nitrogen and oxygen atoms in total. The number of aliphatic carboxylic acids is 1. The van der Waals surface area contributed by atoms with Gasteiger partial charge in [-0.05, 0) is 25.0 Å². The van der Waals surface area contributed by atoms with E-state index >= 15 is 0 Å². The number of aromatic nitrogens is 2. The summed E-state index contributed by atoms with van der Waals surface area (Å²) in [6.45, 7) is 3.71. The monoisotopic (exact) mass is 405 g/mol. The highest BCUT2D eigenvalue weighted by atomic mass is 35.5. The molecule has 148 valence electrons. The van der Waals surface area contributed by atoms with E-state index in [1.165, 1.54) is 4.90 Å². The molecule has 0 aliphatic carbocycles. The van der Waals surface area contributed by atoms with Gasteiger partial charge in [-0.1, -0.05) is 18.5 Å². The van der Waals surface area contributed by atoms with Crippen molar-refractivity contribution in [1.29, 1.82) is 0 Å². The largest absolute Gasteiger partial charge is 0.481 e. The van der Waals surface area contributed by atoms with E-state index in [0.29, 0.717) is 29.4 Å². The Hall–Kier alpha value is -2.87. The van der Waals surface area contributed by atoms with Crippen LogP contribution in [-0.2, 0) is 9.59 Å². The van der Waals surface area contributed by atoms with Crippen LogP contribution < -0.4 is 14.4 Å². The van der Waals surface area contributed by atoms with Crippen LogP contribution in [0.1, 0.15) is 37.3 Å². The molecule has 1 amide bonds. The second-order valence-corrected chi connectivity index (χ2v) is 6.77. The number of fused-ring (bicyclic) bond motifs is 1. The van der Waals surface area contributed by atoms with E-state index in [0.717, 1.165) is 5.56 Å². The third-order valence-electron chi connectivity index (χ3n) is 4.23. The molecular formula is C19H20ClN3O5. The number of carbonyl (C=O) groups excluding carboxylic acids is 1. The molecule has 2 heterocycles. The van der Waals surface area contributed by atoms with E-state index in [9.17, 15) is 9.59 Å². The van der Waals surface area contributed by atoms with Gasteiger partial charge in [-0.3, -0.25) is 9.59 Å². The summed E-state index contributed by atoms with van der Waals surface area (Å²) in [6, 6.07) is 3.16. The molecule has 1 aliphatic heterocycles. The summed E-state index contributed by atoms with van der Waals surface area (Å²) in [4.78, 5) is 33.0. The van der Waals surface area contributed by atoms with Crippen molar-refractivity contribution in [2.24, 2.45) is 0 Å². The molecule has 9 heteroatoms. The Bertz CT molecular complexity index is 888. The molecule has 1 atom stereocenters. The first-order valence-electron chi connectivity index (χ1n) is 8.82. The van der Waals surface area contributed by atoms with Crippen LogP contribution in [-0.4, -0.2) is 40.1 Å². The smallest absolute Gasteiger partial charge is 0.305 e. The van der Waals surface area contributed by atoms with Gasteiger partial charge in [-0.2, -0.15) is 0 Å².